The first-order valence-electron chi connectivity index (χ1n) is 6.30. The highest BCUT2D eigenvalue weighted by atomic mass is 35.5. The van der Waals surface area contributed by atoms with E-state index < -0.39 is 10.0 Å². The van der Waals surface area contributed by atoms with Gasteiger partial charge in [0.05, 0.1) is 5.02 Å². The van der Waals surface area contributed by atoms with Crippen LogP contribution in [0.5, 0.6) is 0 Å². The highest BCUT2D eigenvalue weighted by Gasteiger charge is 2.36. The molecule has 0 spiro atoms. The van der Waals surface area contributed by atoms with Crippen molar-refractivity contribution in [2.75, 3.05) is 6.61 Å². The number of rotatable bonds is 3. The van der Waals surface area contributed by atoms with Crippen molar-refractivity contribution in [2.24, 2.45) is 0 Å². The van der Waals surface area contributed by atoms with E-state index >= 15 is 0 Å². The largest absolute Gasteiger partial charge is 0.384 e. The van der Waals surface area contributed by atoms with Crippen LogP contribution < -0.4 is 4.72 Å². The van der Waals surface area contributed by atoms with Gasteiger partial charge in [-0.25, -0.2) is 13.1 Å². The van der Waals surface area contributed by atoms with E-state index in [2.05, 4.69) is 16.6 Å². The Bertz CT molecular complexity index is 669. The SMILES string of the molecule is CC1(NS(=O)(=O)c2ccc(C#CCO)cc2Cl)CCC1. The maximum absolute atomic E-state index is 12.3. The highest BCUT2D eigenvalue weighted by molar-refractivity contribution is 7.89. The van der Waals surface area contributed by atoms with Gasteiger partial charge in [0.25, 0.3) is 0 Å². The molecule has 4 nitrogen and oxygen atoms in total. The normalized spacial score (nSPS) is 16.9. The van der Waals surface area contributed by atoms with E-state index in [9.17, 15) is 8.42 Å². The summed E-state index contributed by atoms with van der Waals surface area (Å²) in [4.78, 5) is 0.0573. The van der Waals surface area contributed by atoms with E-state index in [0.717, 1.165) is 19.3 Å². The van der Waals surface area contributed by atoms with Crippen molar-refractivity contribution in [1.29, 1.82) is 0 Å². The zero-order chi connectivity index (χ0) is 14.8. The zero-order valence-electron chi connectivity index (χ0n) is 11.1. The van der Waals surface area contributed by atoms with E-state index in [1.54, 1.807) is 6.07 Å². The number of aliphatic hydroxyl groups excluding tert-OH is 1. The van der Waals surface area contributed by atoms with E-state index in [-0.39, 0.29) is 22.1 Å². The molecule has 1 saturated carbocycles. The van der Waals surface area contributed by atoms with Crippen LogP contribution in [-0.2, 0) is 10.0 Å². The second-order valence-corrected chi connectivity index (χ2v) is 7.18. The van der Waals surface area contributed by atoms with E-state index in [1.165, 1.54) is 12.1 Å². The van der Waals surface area contributed by atoms with Gasteiger partial charge in [-0.05, 0) is 44.4 Å². The van der Waals surface area contributed by atoms with Gasteiger partial charge in [-0.2, -0.15) is 0 Å². The summed E-state index contributed by atoms with van der Waals surface area (Å²) in [6.45, 7) is 1.64. The van der Waals surface area contributed by atoms with Gasteiger partial charge in [0.1, 0.15) is 11.5 Å². The minimum Gasteiger partial charge on any atom is -0.384 e. The maximum atomic E-state index is 12.3. The van der Waals surface area contributed by atoms with Crippen LogP contribution in [0.3, 0.4) is 0 Å². The minimum absolute atomic E-state index is 0.0573. The van der Waals surface area contributed by atoms with Crippen molar-refractivity contribution in [3.8, 4) is 11.8 Å². The van der Waals surface area contributed by atoms with Gasteiger partial charge in [0.2, 0.25) is 10.0 Å². The van der Waals surface area contributed by atoms with Crippen LogP contribution in [0.1, 0.15) is 31.7 Å². The van der Waals surface area contributed by atoms with Crippen molar-refractivity contribution >= 4 is 21.6 Å². The first-order chi connectivity index (χ1) is 9.36. The van der Waals surface area contributed by atoms with Crippen LogP contribution in [0.15, 0.2) is 23.1 Å². The molecule has 0 aromatic heterocycles. The van der Waals surface area contributed by atoms with Crippen LogP contribution in [-0.4, -0.2) is 25.7 Å². The second-order valence-electron chi connectivity index (χ2n) is 5.12. The molecule has 1 aromatic carbocycles. The maximum Gasteiger partial charge on any atom is 0.242 e. The fourth-order valence-electron chi connectivity index (χ4n) is 2.13. The molecule has 0 aliphatic heterocycles. The Morgan fingerprint density at radius 1 is 1.45 bits per heavy atom. The summed E-state index contributed by atoms with van der Waals surface area (Å²) in [5, 5.41) is 8.76. The highest BCUT2D eigenvalue weighted by Crippen LogP contribution is 2.33. The van der Waals surface area contributed by atoms with Gasteiger partial charge < -0.3 is 5.11 Å². The van der Waals surface area contributed by atoms with Crippen LogP contribution >= 0.6 is 11.6 Å². The lowest BCUT2D eigenvalue weighted by molar-refractivity contribution is 0.248. The predicted octanol–water partition coefficient (Wildman–Crippen LogP) is 1.90. The molecule has 0 radical (unpaired) electrons. The summed E-state index contributed by atoms with van der Waals surface area (Å²) in [5.74, 6) is 5.17. The summed E-state index contributed by atoms with van der Waals surface area (Å²) < 4.78 is 27.3. The van der Waals surface area contributed by atoms with E-state index in [0.29, 0.717) is 5.56 Å². The Labute approximate surface area is 124 Å². The Kier molecular flexibility index (Phi) is 4.40. The van der Waals surface area contributed by atoms with Gasteiger partial charge in [-0.1, -0.05) is 23.4 Å². The first kappa shape index (κ1) is 15.3. The zero-order valence-corrected chi connectivity index (χ0v) is 12.7. The molecule has 0 unspecified atom stereocenters. The minimum atomic E-state index is -3.63. The summed E-state index contributed by atoms with van der Waals surface area (Å²) in [5.41, 5.74) is 0.204. The Morgan fingerprint density at radius 2 is 2.15 bits per heavy atom. The van der Waals surface area contributed by atoms with Crippen LogP contribution in [0.2, 0.25) is 5.02 Å². The van der Waals surface area contributed by atoms with Gasteiger partial charge in [0.15, 0.2) is 0 Å². The topological polar surface area (TPSA) is 66.4 Å². The number of halogens is 1. The quantitative estimate of drug-likeness (QED) is 0.838. The molecule has 1 aliphatic carbocycles. The standard InChI is InChI=1S/C14H16ClNO3S/c1-14(7-3-8-14)16-20(18,19)13-6-5-11(4-2-9-17)10-12(13)15/h5-6,10,16-17H,3,7-9H2,1H3. The van der Waals surface area contributed by atoms with Crippen molar-refractivity contribution in [1.82, 2.24) is 4.72 Å². The molecule has 1 aliphatic rings. The molecule has 0 amide bonds. The molecule has 0 heterocycles. The molecule has 108 valence electrons. The monoisotopic (exact) mass is 313 g/mol. The summed E-state index contributed by atoms with van der Waals surface area (Å²) in [6, 6.07) is 4.50. The van der Waals surface area contributed by atoms with Crippen molar-refractivity contribution in [3.05, 3.63) is 28.8 Å². The number of sulfonamides is 1. The molecule has 0 bridgehead atoms. The molecule has 0 saturated heterocycles. The van der Waals surface area contributed by atoms with Crippen molar-refractivity contribution in [2.45, 2.75) is 36.6 Å². The lowest BCUT2D eigenvalue weighted by Crippen LogP contribution is -2.50. The Hall–Kier alpha value is -1.06. The van der Waals surface area contributed by atoms with Gasteiger partial charge in [-0.15, -0.1) is 0 Å². The number of aliphatic hydroxyl groups is 1. The Balaban J connectivity index is 2.28. The van der Waals surface area contributed by atoms with Crippen molar-refractivity contribution < 1.29 is 13.5 Å². The smallest absolute Gasteiger partial charge is 0.242 e. The van der Waals surface area contributed by atoms with E-state index in [1.807, 2.05) is 6.92 Å². The molecule has 2 N–H and O–H groups in total. The molecule has 6 heteroatoms. The average Bonchev–Trinajstić information content (AvgIpc) is 2.33. The van der Waals surface area contributed by atoms with Crippen LogP contribution in [0.25, 0.3) is 0 Å². The summed E-state index contributed by atoms with van der Waals surface area (Å²) in [7, 11) is -3.63. The number of hydrogen-bond donors (Lipinski definition) is 2. The molecule has 20 heavy (non-hydrogen) atoms. The first-order valence-corrected chi connectivity index (χ1v) is 8.16. The third-order valence-electron chi connectivity index (χ3n) is 3.37. The second kappa shape index (κ2) is 5.74. The molecule has 0 atom stereocenters. The fraction of sp³-hybridized carbons (Fsp3) is 0.429. The van der Waals surface area contributed by atoms with Crippen LogP contribution in [0.4, 0.5) is 0 Å². The number of benzene rings is 1. The van der Waals surface area contributed by atoms with Crippen molar-refractivity contribution in [3.63, 3.8) is 0 Å². The third-order valence-corrected chi connectivity index (χ3v) is 5.49. The Morgan fingerprint density at radius 3 is 2.65 bits per heavy atom. The number of nitrogens with one attached hydrogen (secondary N) is 1. The third kappa shape index (κ3) is 3.33. The molecule has 1 fully saturated rings. The van der Waals surface area contributed by atoms with Gasteiger partial charge in [-0.3, -0.25) is 0 Å². The van der Waals surface area contributed by atoms with Gasteiger partial charge in [0, 0.05) is 11.1 Å². The number of hydrogen-bond acceptors (Lipinski definition) is 3. The summed E-state index contributed by atoms with van der Waals surface area (Å²) >= 11 is 6.03. The van der Waals surface area contributed by atoms with Gasteiger partial charge >= 0.3 is 0 Å². The molecular formula is C14H16ClNO3S. The summed E-state index contributed by atoms with van der Waals surface area (Å²) in [6.07, 6.45) is 2.70. The van der Waals surface area contributed by atoms with Crippen LogP contribution in [0, 0.1) is 11.8 Å². The molecule has 1 aromatic rings. The average molecular weight is 314 g/mol. The fourth-order valence-corrected chi connectivity index (χ4v) is 4.14. The lowest BCUT2D eigenvalue weighted by Gasteiger charge is -2.38. The predicted molar refractivity (Wildman–Crippen MR) is 78.0 cm³/mol. The molecule has 2 rings (SSSR count). The molecular weight excluding hydrogens is 298 g/mol. The van der Waals surface area contributed by atoms with E-state index in [4.69, 9.17) is 16.7 Å². The lowest BCUT2D eigenvalue weighted by atomic mass is 9.80.